The van der Waals surface area contributed by atoms with Gasteiger partial charge in [0.15, 0.2) is 0 Å². The van der Waals surface area contributed by atoms with Crippen LogP contribution < -0.4 is 5.32 Å². The number of unbranched alkanes of at least 4 members (excludes halogenated alkanes) is 1. The zero-order chi connectivity index (χ0) is 16.7. The molecule has 1 heterocycles. The van der Waals surface area contributed by atoms with Crippen molar-refractivity contribution >= 4 is 21.7 Å². The summed E-state index contributed by atoms with van der Waals surface area (Å²) in [5.41, 5.74) is 0.745. The number of carbonyl (C=O) groups is 1. The van der Waals surface area contributed by atoms with E-state index in [4.69, 9.17) is 0 Å². The Morgan fingerprint density at radius 3 is 2.57 bits per heavy atom. The number of rotatable bonds is 5. The molecule has 1 aliphatic heterocycles. The van der Waals surface area contributed by atoms with E-state index >= 15 is 0 Å². The van der Waals surface area contributed by atoms with Gasteiger partial charge in [-0.15, -0.1) is 0 Å². The lowest BCUT2D eigenvalue weighted by molar-refractivity contribution is 0.214. The topological polar surface area (TPSA) is 69.7 Å². The quantitative estimate of drug-likeness (QED) is 0.895. The molecule has 1 fully saturated rings. The van der Waals surface area contributed by atoms with Crippen molar-refractivity contribution in [3.8, 4) is 0 Å². The molecule has 1 aliphatic rings. The number of hydrogen-bond acceptors (Lipinski definition) is 3. The highest BCUT2D eigenvalue weighted by molar-refractivity contribution is 7.89. The first kappa shape index (κ1) is 17.7. The van der Waals surface area contributed by atoms with Crippen LogP contribution in [-0.2, 0) is 10.0 Å². The van der Waals surface area contributed by atoms with Crippen LogP contribution in [0.5, 0.6) is 0 Å². The number of urea groups is 1. The molecule has 128 valence electrons. The van der Waals surface area contributed by atoms with Gasteiger partial charge in [0.2, 0.25) is 10.0 Å². The maximum atomic E-state index is 12.3. The number of anilines is 1. The first-order valence-corrected chi connectivity index (χ1v) is 9.72. The van der Waals surface area contributed by atoms with Crippen molar-refractivity contribution in [3.05, 3.63) is 30.3 Å². The fraction of sp³-hybridized carbons (Fsp3) is 0.562. The number of nitrogens with one attached hydrogen (secondary N) is 1. The second-order valence-electron chi connectivity index (χ2n) is 5.71. The van der Waals surface area contributed by atoms with Crippen molar-refractivity contribution in [1.29, 1.82) is 0 Å². The molecule has 0 atom stereocenters. The highest BCUT2D eigenvalue weighted by Gasteiger charge is 2.26. The van der Waals surface area contributed by atoms with E-state index in [1.165, 1.54) is 4.31 Å². The Balaban J connectivity index is 1.92. The van der Waals surface area contributed by atoms with Crippen LogP contribution in [-0.4, -0.2) is 55.6 Å². The molecule has 1 aromatic carbocycles. The van der Waals surface area contributed by atoms with Crippen LogP contribution in [0.25, 0.3) is 0 Å². The van der Waals surface area contributed by atoms with Gasteiger partial charge in [-0.25, -0.2) is 17.5 Å². The molecule has 0 radical (unpaired) electrons. The third-order valence-electron chi connectivity index (χ3n) is 3.92. The number of amides is 2. The standard InChI is InChI=1S/C16H25N3O3S/c1-2-3-14-23(21,22)19-11-7-10-18(12-13-19)16(20)17-15-8-5-4-6-9-15/h4-6,8-9H,2-3,7,10-14H2,1H3,(H,17,20). The molecule has 23 heavy (non-hydrogen) atoms. The fourth-order valence-corrected chi connectivity index (χ4v) is 4.23. The highest BCUT2D eigenvalue weighted by atomic mass is 32.2. The number of nitrogens with zero attached hydrogens (tertiary/aromatic N) is 2. The molecule has 1 aromatic rings. The van der Waals surface area contributed by atoms with Crippen molar-refractivity contribution in [2.75, 3.05) is 37.2 Å². The van der Waals surface area contributed by atoms with Crippen LogP contribution >= 0.6 is 0 Å². The Morgan fingerprint density at radius 1 is 1.13 bits per heavy atom. The SMILES string of the molecule is CCCCS(=O)(=O)N1CCCN(C(=O)Nc2ccccc2)CC1. The zero-order valence-corrected chi connectivity index (χ0v) is 14.4. The average molecular weight is 339 g/mol. The lowest BCUT2D eigenvalue weighted by atomic mass is 10.3. The summed E-state index contributed by atoms with van der Waals surface area (Å²) in [5, 5.41) is 2.85. The Bertz CT molecular complexity index is 604. The van der Waals surface area contributed by atoms with Crippen LogP contribution in [0.2, 0.25) is 0 Å². The van der Waals surface area contributed by atoms with Crippen molar-refractivity contribution < 1.29 is 13.2 Å². The molecule has 0 spiro atoms. The smallest absolute Gasteiger partial charge is 0.321 e. The normalized spacial score (nSPS) is 16.8. The number of benzene rings is 1. The van der Waals surface area contributed by atoms with Gasteiger partial charge in [0.25, 0.3) is 0 Å². The summed E-state index contributed by atoms with van der Waals surface area (Å²) in [5.74, 6) is 0.194. The van der Waals surface area contributed by atoms with Gasteiger partial charge >= 0.3 is 6.03 Å². The summed E-state index contributed by atoms with van der Waals surface area (Å²) < 4.78 is 26.1. The van der Waals surface area contributed by atoms with Crippen LogP contribution in [0, 0.1) is 0 Å². The molecule has 0 bridgehead atoms. The molecule has 2 rings (SSSR count). The van der Waals surface area contributed by atoms with Crippen molar-refractivity contribution in [3.63, 3.8) is 0 Å². The van der Waals surface area contributed by atoms with Crippen molar-refractivity contribution in [2.45, 2.75) is 26.2 Å². The van der Waals surface area contributed by atoms with E-state index in [0.717, 1.165) is 12.1 Å². The van der Waals surface area contributed by atoms with E-state index < -0.39 is 10.0 Å². The zero-order valence-electron chi connectivity index (χ0n) is 13.6. The molecule has 1 saturated heterocycles. The van der Waals surface area contributed by atoms with Crippen LogP contribution in [0.1, 0.15) is 26.2 Å². The molecule has 2 amide bonds. The minimum atomic E-state index is -3.20. The lowest BCUT2D eigenvalue weighted by Gasteiger charge is -2.22. The Labute approximate surface area is 138 Å². The van der Waals surface area contributed by atoms with Gasteiger partial charge in [-0.1, -0.05) is 31.5 Å². The predicted molar refractivity (Wildman–Crippen MR) is 91.9 cm³/mol. The maximum Gasteiger partial charge on any atom is 0.321 e. The minimum Gasteiger partial charge on any atom is -0.323 e. The fourth-order valence-electron chi connectivity index (χ4n) is 2.55. The monoisotopic (exact) mass is 339 g/mol. The summed E-state index contributed by atoms with van der Waals surface area (Å²) in [4.78, 5) is 14.0. The van der Waals surface area contributed by atoms with E-state index in [-0.39, 0.29) is 11.8 Å². The van der Waals surface area contributed by atoms with Gasteiger partial charge in [-0.3, -0.25) is 0 Å². The second kappa shape index (κ2) is 8.31. The minimum absolute atomic E-state index is 0.177. The van der Waals surface area contributed by atoms with Crippen LogP contribution in [0.15, 0.2) is 30.3 Å². The van der Waals surface area contributed by atoms with Crippen LogP contribution in [0.4, 0.5) is 10.5 Å². The van der Waals surface area contributed by atoms with Crippen molar-refractivity contribution in [2.24, 2.45) is 0 Å². The van der Waals surface area contributed by atoms with E-state index in [0.29, 0.717) is 39.0 Å². The molecule has 0 aromatic heterocycles. The summed E-state index contributed by atoms with van der Waals surface area (Å²) in [6.45, 7) is 3.82. The predicted octanol–water partition coefficient (Wildman–Crippen LogP) is 2.36. The molecule has 0 saturated carbocycles. The number of para-hydroxylation sites is 1. The molecule has 6 nitrogen and oxygen atoms in total. The van der Waals surface area contributed by atoms with Gasteiger partial charge in [-0.2, -0.15) is 0 Å². The Hall–Kier alpha value is -1.60. The second-order valence-corrected chi connectivity index (χ2v) is 7.79. The summed E-state index contributed by atoms with van der Waals surface area (Å²) in [7, 11) is -3.20. The van der Waals surface area contributed by atoms with Gasteiger partial charge in [0.05, 0.1) is 5.75 Å². The first-order valence-electron chi connectivity index (χ1n) is 8.12. The Morgan fingerprint density at radius 2 is 1.87 bits per heavy atom. The van der Waals surface area contributed by atoms with E-state index in [9.17, 15) is 13.2 Å². The first-order chi connectivity index (χ1) is 11.0. The van der Waals surface area contributed by atoms with Crippen molar-refractivity contribution in [1.82, 2.24) is 9.21 Å². The maximum absolute atomic E-state index is 12.3. The molecule has 0 unspecified atom stereocenters. The molecular formula is C16H25N3O3S. The number of carbonyl (C=O) groups excluding carboxylic acids is 1. The third-order valence-corrected chi connectivity index (χ3v) is 5.87. The Kier molecular flexibility index (Phi) is 6.41. The largest absolute Gasteiger partial charge is 0.323 e. The summed E-state index contributed by atoms with van der Waals surface area (Å²) >= 11 is 0. The highest BCUT2D eigenvalue weighted by Crippen LogP contribution is 2.12. The summed E-state index contributed by atoms with van der Waals surface area (Å²) in [6, 6.07) is 9.10. The number of sulfonamides is 1. The molecule has 0 aliphatic carbocycles. The van der Waals surface area contributed by atoms with E-state index in [1.54, 1.807) is 4.90 Å². The van der Waals surface area contributed by atoms with Gasteiger partial charge < -0.3 is 10.2 Å². The third kappa shape index (κ3) is 5.21. The van der Waals surface area contributed by atoms with E-state index in [1.807, 2.05) is 37.3 Å². The molecule has 1 N–H and O–H groups in total. The average Bonchev–Trinajstić information content (AvgIpc) is 2.80. The molecule has 7 heteroatoms. The summed E-state index contributed by atoms with van der Waals surface area (Å²) in [6.07, 6.45) is 2.20. The lowest BCUT2D eigenvalue weighted by Crippen LogP contribution is -2.39. The van der Waals surface area contributed by atoms with Crippen LogP contribution in [0.3, 0.4) is 0 Å². The molecular weight excluding hydrogens is 314 g/mol. The number of hydrogen-bond donors (Lipinski definition) is 1. The van der Waals surface area contributed by atoms with Gasteiger partial charge in [0.1, 0.15) is 0 Å². The van der Waals surface area contributed by atoms with Gasteiger partial charge in [-0.05, 0) is 25.0 Å². The van der Waals surface area contributed by atoms with E-state index in [2.05, 4.69) is 5.32 Å². The van der Waals surface area contributed by atoms with Gasteiger partial charge in [0, 0.05) is 31.9 Å².